The average molecular weight is 655 g/mol. The predicted octanol–water partition coefficient (Wildman–Crippen LogP) is 2.63. The summed E-state index contributed by atoms with van der Waals surface area (Å²) in [5.41, 5.74) is 3.25. The summed E-state index contributed by atoms with van der Waals surface area (Å²) in [5.74, 6) is -1.15. The molecule has 0 saturated carbocycles. The van der Waals surface area contributed by atoms with E-state index in [1.807, 2.05) is 49.4 Å². The fourth-order valence-corrected chi connectivity index (χ4v) is 4.59. The van der Waals surface area contributed by atoms with Gasteiger partial charge in [0.05, 0.1) is 6.10 Å². The Morgan fingerprint density at radius 3 is 2.54 bits per heavy atom. The zero-order valence-electron chi connectivity index (χ0n) is 26.9. The first-order valence-electron chi connectivity index (χ1n) is 15.4. The minimum absolute atomic E-state index is 0.0571. The van der Waals surface area contributed by atoms with Gasteiger partial charge in [0.25, 0.3) is 5.91 Å². The van der Waals surface area contributed by atoms with Crippen molar-refractivity contribution in [2.75, 3.05) is 6.61 Å². The van der Waals surface area contributed by atoms with Gasteiger partial charge in [-0.1, -0.05) is 47.1 Å². The molecule has 4 aromatic rings. The van der Waals surface area contributed by atoms with Gasteiger partial charge in [-0.15, -0.1) is 0 Å². The summed E-state index contributed by atoms with van der Waals surface area (Å²) in [6.45, 7) is 4.90. The van der Waals surface area contributed by atoms with E-state index in [0.717, 1.165) is 23.1 Å². The molecule has 14 heteroatoms. The summed E-state index contributed by atoms with van der Waals surface area (Å²) >= 11 is 0. The number of amides is 3. The molecule has 0 aliphatic rings. The molecule has 0 unspecified atom stereocenters. The van der Waals surface area contributed by atoms with Crippen LogP contribution in [0, 0.1) is 25.2 Å². The van der Waals surface area contributed by atoms with Gasteiger partial charge in [0.15, 0.2) is 5.69 Å². The number of aliphatic hydroxyl groups excluding tert-OH is 1. The Labute approximate surface area is 277 Å². The molecule has 2 heterocycles. The lowest BCUT2D eigenvalue weighted by molar-refractivity contribution is -0.132. The highest BCUT2D eigenvalue weighted by molar-refractivity contribution is 5.97. The zero-order chi connectivity index (χ0) is 34.5. The highest BCUT2D eigenvalue weighted by Gasteiger charge is 2.31. The van der Waals surface area contributed by atoms with Gasteiger partial charge in [0, 0.05) is 12.6 Å². The third kappa shape index (κ3) is 10.4. The number of carbonyl (C=O) groups is 3. The number of benzene rings is 2. The number of rotatable bonds is 16. The maximum absolute atomic E-state index is 13.4. The summed E-state index contributed by atoms with van der Waals surface area (Å²) in [4.78, 5) is 43.2. The van der Waals surface area contributed by atoms with Gasteiger partial charge in [-0.2, -0.15) is 10.4 Å². The Hall–Kier alpha value is -5.81. The molecule has 14 nitrogen and oxygen atoms in total. The Kier molecular flexibility index (Phi) is 12.6. The average Bonchev–Trinajstić information content (AvgIpc) is 3.77. The van der Waals surface area contributed by atoms with E-state index in [2.05, 4.69) is 37.3 Å². The van der Waals surface area contributed by atoms with Crippen LogP contribution >= 0.6 is 0 Å². The number of allylic oxidation sites excluding steroid dienone is 2. The molecule has 0 bridgehead atoms. The summed E-state index contributed by atoms with van der Waals surface area (Å²) in [6, 6.07) is 15.9. The van der Waals surface area contributed by atoms with E-state index in [1.54, 1.807) is 19.1 Å². The fraction of sp³-hybridized carbons (Fsp3) is 0.324. The smallest absolute Gasteiger partial charge is 0.274 e. The molecule has 3 atom stereocenters. The number of nitriles is 1. The van der Waals surface area contributed by atoms with E-state index in [0.29, 0.717) is 30.0 Å². The number of aliphatic hydroxyl groups is 1. The Morgan fingerprint density at radius 1 is 1.08 bits per heavy atom. The van der Waals surface area contributed by atoms with Crippen molar-refractivity contribution in [3.63, 3.8) is 0 Å². The van der Waals surface area contributed by atoms with Gasteiger partial charge in [0.2, 0.25) is 11.8 Å². The van der Waals surface area contributed by atoms with Crippen molar-refractivity contribution < 1.29 is 28.8 Å². The van der Waals surface area contributed by atoms with E-state index in [4.69, 9.17) is 9.26 Å². The number of hydrogen-bond acceptors (Lipinski definition) is 10. The van der Waals surface area contributed by atoms with Gasteiger partial charge in [-0.25, -0.2) is 9.67 Å². The number of aryl methyl sites for hydroxylation is 3. The molecule has 4 N–H and O–H groups in total. The number of carbonyl (C=O) groups excluding carboxylic acids is 3. The van der Waals surface area contributed by atoms with Crippen LogP contribution in [0.15, 0.2) is 77.9 Å². The van der Waals surface area contributed by atoms with Crippen molar-refractivity contribution in [3.05, 3.63) is 101 Å². The van der Waals surface area contributed by atoms with Crippen LogP contribution in [0.2, 0.25) is 0 Å². The van der Waals surface area contributed by atoms with Crippen molar-refractivity contribution >= 4 is 23.4 Å². The summed E-state index contributed by atoms with van der Waals surface area (Å²) in [7, 11) is 0. The second-order valence-electron chi connectivity index (χ2n) is 11.2. The summed E-state index contributed by atoms with van der Waals surface area (Å²) < 4.78 is 12.3. The van der Waals surface area contributed by atoms with Gasteiger partial charge in [0.1, 0.15) is 54.6 Å². The Morgan fingerprint density at radius 2 is 1.88 bits per heavy atom. The SMILES string of the molecule is Cc1ccc(CNC(=O)[C@H](COc2cccc(CCC/C=C(\C#N)n3cncn3)c2)NC(=O)[C@@H](NC(=O)c2cc(C)on2)[C@@H](C)O)cc1. The lowest BCUT2D eigenvalue weighted by Gasteiger charge is -2.24. The second kappa shape index (κ2) is 17.2. The minimum atomic E-state index is -1.40. The van der Waals surface area contributed by atoms with Crippen LogP contribution < -0.4 is 20.7 Å². The molecule has 0 aliphatic heterocycles. The van der Waals surface area contributed by atoms with Crippen LogP contribution in [-0.4, -0.2) is 67.5 Å². The van der Waals surface area contributed by atoms with E-state index >= 15 is 0 Å². The number of nitrogens with zero attached hydrogens (tertiary/aromatic N) is 5. The molecule has 250 valence electrons. The standard InChI is InChI=1S/C34H38N8O6/c1-22-11-13-26(14-12-22)18-37-32(44)30(39-34(46)31(24(3)43)40-33(45)29-15-23(2)48-41-29)19-47-28-10-6-8-25(16-28)7-4-5-9-27(17-35)42-21-36-20-38-42/h6,8-16,20-21,24,30-31,43H,4-5,7,18-19H2,1-3H3,(H,37,44)(H,39,46)(H,40,45)/b27-9+/t24-,30+,31+/m1/s1. The highest BCUT2D eigenvalue weighted by atomic mass is 16.5. The summed E-state index contributed by atoms with van der Waals surface area (Å²) in [6.07, 6.45) is 5.42. The first kappa shape index (κ1) is 35.1. The number of unbranched alkanes of at least 4 members (excludes halogenated alkanes) is 1. The molecule has 0 saturated heterocycles. The Balaban J connectivity index is 1.41. The number of hydrogen-bond donors (Lipinski definition) is 4. The molecular weight excluding hydrogens is 616 g/mol. The van der Waals surface area contributed by atoms with Crippen molar-refractivity contribution in [2.24, 2.45) is 0 Å². The molecule has 2 aromatic heterocycles. The van der Waals surface area contributed by atoms with Crippen LogP contribution in [0.1, 0.15) is 52.7 Å². The van der Waals surface area contributed by atoms with Crippen molar-refractivity contribution in [3.8, 4) is 11.8 Å². The van der Waals surface area contributed by atoms with Crippen LogP contribution in [0.5, 0.6) is 5.75 Å². The summed E-state index contributed by atoms with van der Waals surface area (Å²) in [5, 5.41) is 35.3. The van der Waals surface area contributed by atoms with E-state index in [1.165, 1.54) is 30.3 Å². The topological polar surface area (TPSA) is 197 Å². The molecule has 0 aliphatic carbocycles. The van der Waals surface area contributed by atoms with Gasteiger partial charge in [-0.3, -0.25) is 14.4 Å². The molecule has 3 amide bonds. The normalized spacial score (nSPS) is 13.1. The third-order valence-corrected chi connectivity index (χ3v) is 7.23. The van der Waals surface area contributed by atoms with Crippen molar-refractivity contribution in [1.82, 2.24) is 35.9 Å². The lowest BCUT2D eigenvalue weighted by Crippen LogP contribution is -2.58. The molecule has 2 aromatic carbocycles. The highest BCUT2D eigenvalue weighted by Crippen LogP contribution is 2.17. The zero-order valence-corrected chi connectivity index (χ0v) is 26.9. The minimum Gasteiger partial charge on any atom is -0.491 e. The number of nitrogens with one attached hydrogen (secondary N) is 3. The third-order valence-electron chi connectivity index (χ3n) is 7.23. The predicted molar refractivity (Wildman–Crippen MR) is 174 cm³/mol. The van der Waals surface area contributed by atoms with Crippen molar-refractivity contribution in [2.45, 2.75) is 64.8 Å². The van der Waals surface area contributed by atoms with Gasteiger partial charge in [-0.05, 0) is 69.4 Å². The second-order valence-corrected chi connectivity index (χ2v) is 11.2. The van der Waals surface area contributed by atoms with Crippen LogP contribution in [0.25, 0.3) is 5.70 Å². The Bertz CT molecular complexity index is 1740. The van der Waals surface area contributed by atoms with E-state index < -0.39 is 35.9 Å². The number of ether oxygens (including phenoxy) is 1. The van der Waals surface area contributed by atoms with Gasteiger partial charge < -0.3 is 30.3 Å². The van der Waals surface area contributed by atoms with Gasteiger partial charge >= 0.3 is 0 Å². The van der Waals surface area contributed by atoms with E-state index in [-0.39, 0.29) is 18.8 Å². The molecular formula is C34H38N8O6. The van der Waals surface area contributed by atoms with Crippen LogP contribution in [0.3, 0.4) is 0 Å². The van der Waals surface area contributed by atoms with Crippen molar-refractivity contribution in [1.29, 1.82) is 5.26 Å². The maximum atomic E-state index is 13.4. The molecule has 48 heavy (non-hydrogen) atoms. The van der Waals surface area contributed by atoms with Crippen LogP contribution in [-0.2, 0) is 22.6 Å². The van der Waals surface area contributed by atoms with Crippen LogP contribution in [0.4, 0.5) is 0 Å². The molecule has 0 spiro atoms. The largest absolute Gasteiger partial charge is 0.491 e. The van der Waals surface area contributed by atoms with E-state index in [9.17, 15) is 24.8 Å². The maximum Gasteiger partial charge on any atom is 0.274 e. The molecule has 4 rings (SSSR count). The lowest BCUT2D eigenvalue weighted by atomic mass is 10.1. The number of aromatic nitrogens is 4. The molecule has 0 radical (unpaired) electrons. The quantitative estimate of drug-likeness (QED) is 0.103. The monoisotopic (exact) mass is 654 g/mol. The fourth-order valence-electron chi connectivity index (χ4n) is 4.59. The first-order chi connectivity index (χ1) is 23.1. The molecule has 0 fully saturated rings. The first-order valence-corrected chi connectivity index (χ1v) is 15.4.